The van der Waals surface area contributed by atoms with E-state index in [0.717, 1.165) is 13.0 Å². The maximum atomic E-state index is 6.04. The molecule has 1 aliphatic heterocycles. The Bertz CT molecular complexity index is 851. The number of nitrogens with zero attached hydrogens (tertiary/aromatic N) is 4. The van der Waals surface area contributed by atoms with Gasteiger partial charge in [0.05, 0.1) is 0 Å². The van der Waals surface area contributed by atoms with Crippen LogP contribution in [0.5, 0.6) is 0 Å². The van der Waals surface area contributed by atoms with Crippen LogP contribution < -0.4 is 5.32 Å². The summed E-state index contributed by atoms with van der Waals surface area (Å²) in [7, 11) is 2.11. The average Bonchev–Trinajstić information content (AvgIpc) is 2.66. The number of nitrogens with one attached hydrogen (secondary N) is 1. The van der Waals surface area contributed by atoms with E-state index in [9.17, 15) is 0 Å². The quantitative estimate of drug-likeness (QED) is 0.497. The fraction of sp³-hybridized carbons (Fsp3) is 0.500. The highest BCUT2D eigenvalue weighted by Gasteiger charge is 2.29. The van der Waals surface area contributed by atoms with Gasteiger partial charge in [0.25, 0.3) is 0 Å². The van der Waals surface area contributed by atoms with E-state index in [2.05, 4.69) is 32.2 Å². The van der Waals surface area contributed by atoms with E-state index in [4.69, 9.17) is 69.6 Å². The van der Waals surface area contributed by atoms with Crippen LogP contribution >= 0.6 is 69.6 Å². The molecule has 1 N–H and O–H groups in total. The van der Waals surface area contributed by atoms with Gasteiger partial charge in [0.2, 0.25) is 13.5 Å². The van der Waals surface area contributed by atoms with Crippen LogP contribution in [-0.2, 0) is 7.59 Å². The molecule has 0 amide bonds. The van der Waals surface area contributed by atoms with Gasteiger partial charge in [-0.2, -0.15) is 9.97 Å². The van der Waals surface area contributed by atoms with Crippen LogP contribution in [0.1, 0.15) is 30.7 Å². The fourth-order valence-electron chi connectivity index (χ4n) is 3.16. The van der Waals surface area contributed by atoms with Crippen LogP contribution in [0.2, 0.25) is 0 Å². The van der Waals surface area contributed by atoms with Gasteiger partial charge in [-0.25, -0.2) is 4.98 Å². The van der Waals surface area contributed by atoms with Crippen LogP contribution in [-0.4, -0.2) is 46.0 Å². The Hall–Kier alpha value is -0.270. The first-order valence-corrected chi connectivity index (χ1v) is 11.3. The molecule has 5 nitrogen and oxygen atoms in total. The molecule has 1 fully saturated rings. The molecule has 1 unspecified atom stereocenters. The molecule has 0 radical (unpaired) electrons. The van der Waals surface area contributed by atoms with Crippen LogP contribution in [0.3, 0.4) is 0 Å². The SMILES string of the molecule is CN1CCCCC1CNc1nc(-c2cccc(C(Cl)(Cl)Cl)c2)nc(C(Cl)(Cl)Cl)n1. The number of anilines is 1. The Morgan fingerprint density at radius 3 is 2.45 bits per heavy atom. The molecule has 0 bridgehead atoms. The minimum absolute atomic E-state index is 0.0197. The van der Waals surface area contributed by atoms with Gasteiger partial charge in [-0.3, -0.25) is 0 Å². The van der Waals surface area contributed by atoms with Gasteiger partial charge < -0.3 is 10.2 Å². The second kappa shape index (κ2) is 9.47. The first-order valence-electron chi connectivity index (χ1n) is 8.99. The summed E-state index contributed by atoms with van der Waals surface area (Å²) in [6.45, 7) is 1.74. The molecule has 1 atom stereocenters. The molecule has 1 saturated heterocycles. The highest BCUT2D eigenvalue weighted by Crippen LogP contribution is 2.40. The maximum Gasteiger partial charge on any atom is 0.250 e. The Kier molecular flexibility index (Phi) is 7.64. The van der Waals surface area contributed by atoms with Crippen molar-refractivity contribution in [2.75, 3.05) is 25.5 Å². The van der Waals surface area contributed by atoms with Crippen LogP contribution in [0, 0.1) is 0 Å². The van der Waals surface area contributed by atoms with Crippen molar-refractivity contribution >= 4 is 75.6 Å². The molecule has 0 aliphatic carbocycles. The zero-order valence-electron chi connectivity index (χ0n) is 15.5. The standard InChI is InChI=1S/C18H19Cl6N5/c1-29-8-3-2-7-13(29)10-25-16-27-14(26-15(28-16)18(22,23)24)11-5-4-6-12(9-11)17(19,20)21/h4-6,9,13H,2-3,7-8,10H2,1H3,(H,25,26,27,28). The molecule has 1 aliphatic rings. The lowest BCUT2D eigenvalue weighted by Gasteiger charge is -2.32. The normalized spacial score (nSPS) is 18.7. The molecule has 0 spiro atoms. The summed E-state index contributed by atoms with van der Waals surface area (Å²) in [6, 6.07) is 7.30. The van der Waals surface area contributed by atoms with Gasteiger partial charge in [-0.05, 0) is 32.5 Å². The zero-order chi connectivity index (χ0) is 21.2. The van der Waals surface area contributed by atoms with Crippen molar-refractivity contribution in [1.29, 1.82) is 0 Å². The Labute approximate surface area is 200 Å². The van der Waals surface area contributed by atoms with E-state index in [1.54, 1.807) is 24.3 Å². The van der Waals surface area contributed by atoms with Crippen molar-refractivity contribution in [1.82, 2.24) is 19.9 Å². The number of hydrogen-bond acceptors (Lipinski definition) is 5. The molecule has 1 aromatic heterocycles. The van der Waals surface area contributed by atoms with Crippen LogP contribution in [0.4, 0.5) is 5.95 Å². The summed E-state index contributed by atoms with van der Waals surface area (Å²) in [5, 5.41) is 3.25. The van der Waals surface area contributed by atoms with Crippen molar-refractivity contribution in [2.45, 2.75) is 32.9 Å². The lowest BCUT2D eigenvalue weighted by atomic mass is 10.0. The molecule has 29 heavy (non-hydrogen) atoms. The third kappa shape index (κ3) is 6.36. The van der Waals surface area contributed by atoms with E-state index < -0.39 is 7.59 Å². The number of halogens is 6. The maximum absolute atomic E-state index is 6.04. The largest absolute Gasteiger partial charge is 0.353 e. The van der Waals surface area contributed by atoms with Gasteiger partial charge in [0, 0.05) is 23.7 Å². The zero-order valence-corrected chi connectivity index (χ0v) is 20.0. The minimum Gasteiger partial charge on any atom is -0.353 e. The molecule has 3 rings (SSSR count). The first-order chi connectivity index (χ1) is 13.5. The van der Waals surface area contributed by atoms with E-state index in [0.29, 0.717) is 35.5 Å². The molecule has 158 valence electrons. The number of piperidine rings is 1. The van der Waals surface area contributed by atoms with Gasteiger partial charge in [-0.15, -0.1) is 0 Å². The minimum atomic E-state index is -1.80. The molecular weight excluding hydrogens is 499 g/mol. The Balaban J connectivity index is 1.92. The van der Waals surface area contributed by atoms with Gasteiger partial charge >= 0.3 is 0 Å². The number of alkyl halides is 6. The van der Waals surface area contributed by atoms with Crippen molar-refractivity contribution in [2.24, 2.45) is 0 Å². The summed E-state index contributed by atoms with van der Waals surface area (Å²) in [6.07, 6.45) is 3.51. The number of likely N-dealkylation sites (N-methyl/N-ethyl adjacent to an activating group) is 1. The lowest BCUT2D eigenvalue weighted by Crippen LogP contribution is -2.41. The second-order valence-corrected chi connectivity index (χ2v) is 11.5. The third-order valence-electron chi connectivity index (χ3n) is 4.75. The van der Waals surface area contributed by atoms with Crippen molar-refractivity contribution in [3.63, 3.8) is 0 Å². The predicted molar refractivity (Wildman–Crippen MR) is 122 cm³/mol. The molecule has 2 heterocycles. The molecule has 0 saturated carbocycles. The highest BCUT2D eigenvalue weighted by molar-refractivity contribution is 6.67. The molecule has 11 heteroatoms. The van der Waals surface area contributed by atoms with E-state index >= 15 is 0 Å². The topological polar surface area (TPSA) is 53.9 Å². The number of benzene rings is 1. The lowest BCUT2D eigenvalue weighted by molar-refractivity contribution is 0.194. The Morgan fingerprint density at radius 2 is 1.79 bits per heavy atom. The van der Waals surface area contributed by atoms with Crippen LogP contribution in [0.15, 0.2) is 24.3 Å². The summed E-state index contributed by atoms with van der Waals surface area (Å²) >= 11 is 36.1. The summed E-state index contributed by atoms with van der Waals surface area (Å²) in [5.74, 6) is 0.665. The van der Waals surface area contributed by atoms with E-state index in [1.807, 2.05) is 0 Å². The smallest absolute Gasteiger partial charge is 0.250 e. The summed E-state index contributed by atoms with van der Waals surface area (Å²) in [5.41, 5.74) is 1.10. The second-order valence-electron chi connectivity index (χ2n) is 6.89. The average molecular weight is 518 g/mol. The Morgan fingerprint density at radius 1 is 1.03 bits per heavy atom. The van der Waals surface area contributed by atoms with Crippen molar-refractivity contribution in [3.05, 3.63) is 35.7 Å². The van der Waals surface area contributed by atoms with E-state index in [1.165, 1.54) is 12.8 Å². The molecular formula is C18H19Cl6N5. The highest BCUT2D eigenvalue weighted by atomic mass is 35.6. The predicted octanol–water partition coefficient (Wildman–Crippen LogP) is 6.09. The molecule has 2 aromatic rings. The van der Waals surface area contributed by atoms with Crippen molar-refractivity contribution < 1.29 is 0 Å². The first kappa shape index (κ1) is 23.4. The van der Waals surface area contributed by atoms with Crippen molar-refractivity contribution in [3.8, 4) is 11.4 Å². The fourth-order valence-corrected chi connectivity index (χ4v) is 3.76. The monoisotopic (exact) mass is 515 g/mol. The van der Waals surface area contributed by atoms with E-state index in [-0.39, 0.29) is 5.82 Å². The van der Waals surface area contributed by atoms with Crippen LogP contribution in [0.25, 0.3) is 11.4 Å². The summed E-state index contributed by atoms with van der Waals surface area (Å²) < 4.78 is -3.38. The number of hydrogen-bond donors (Lipinski definition) is 1. The number of likely N-dealkylation sites (tertiary alicyclic amines) is 1. The number of rotatable bonds is 4. The molecule has 1 aromatic carbocycles. The summed E-state index contributed by atoms with van der Waals surface area (Å²) in [4.78, 5) is 15.4. The third-order valence-corrected chi connectivity index (χ3v) is 5.92. The van der Waals surface area contributed by atoms with Gasteiger partial charge in [0.1, 0.15) is 0 Å². The van der Waals surface area contributed by atoms with Gasteiger partial charge in [-0.1, -0.05) is 94.2 Å². The van der Waals surface area contributed by atoms with Gasteiger partial charge in [0.15, 0.2) is 11.6 Å². The number of aromatic nitrogens is 3.